The van der Waals surface area contributed by atoms with Crippen LogP contribution in [0.1, 0.15) is 25.6 Å². The molecule has 1 atom stereocenters. The van der Waals surface area contributed by atoms with Gasteiger partial charge in [-0.15, -0.1) is 11.3 Å². The van der Waals surface area contributed by atoms with E-state index in [0.29, 0.717) is 22.5 Å². The van der Waals surface area contributed by atoms with Gasteiger partial charge in [-0.1, -0.05) is 24.3 Å². The lowest BCUT2D eigenvalue weighted by atomic mass is 10.0. The first-order valence-electron chi connectivity index (χ1n) is 7.45. The number of amides is 2. The van der Waals surface area contributed by atoms with Gasteiger partial charge in [0.2, 0.25) is 11.7 Å². The SMILES string of the molecule is NC(=O)C1CN(C(=O)c2ccccc2C(=O)c2cccs2)CCO1. The Morgan fingerprint density at radius 2 is 1.88 bits per heavy atom. The smallest absolute Gasteiger partial charge is 0.254 e. The van der Waals surface area contributed by atoms with E-state index in [2.05, 4.69) is 0 Å². The molecular formula is C17H16N2O4S. The Kier molecular flexibility index (Phi) is 4.73. The summed E-state index contributed by atoms with van der Waals surface area (Å²) < 4.78 is 5.26. The van der Waals surface area contributed by atoms with E-state index in [0.717, 1.165) is 0 Å². The molecule has 1 unspecified atom stereocenters. The average Bonchev–Trinajstić information content (AvgIpc) is 3.15. The van der Waals surface area contributed by atoms with Crippen LogP contribution in [0.25, 0.3) is 0 Å². The number of primary amides is 1. The van der Waals surface area contributed by atoms with Crippen molar-refractivity contribution in [3.8, 4) is 0 Å². The first-order valence-corrected chi connectivity index (χ1v) is 8.33. The zero-order chi connectivity index (χ0) is 17.1. The van der Waals surface area contributed by atoms with Gasteiger partial charge >= 0.3 is 0 Å². The predicted octanol–water partition coefficient (Wildman–Crippen LogP) is 1.31. The van der Waals surface area contributed by atoms with Gasteiger partial charge < -0.3 is 15.4 Å². The number of carbonyl (C=O) groups is 3. The minimum Gasteiger partial charge on any atom is -0.367 e. The van der Waals surface area contributed by atoms with Gasteiger partial charge in [-0.05, 0) is 17.5 Å². The van der Waals surface area contributed by atoms with Crippen molar-refractivity contribution in [1.82, 2.24) is 4.90 Å². The van der Waals surface area contributed by atoms with Gasteiger partial charge in [-0.25, -0.2) is 0 Å². The van der Waals surface area contributed by atoms with Crippen LogP contribution in [0.5, 0.6) is 0 Å². The summed E-state index contributed by atoms with van der Waals surface area (Å²) in [6, 6.07) is 10.2. The van der Waals surface area contributed by atoms with Gasteiger partial charge in [-0.2, -0.15) is 0 Å². The van der Waals surface area contributed by atoms with Crippen LogP contribution in [0.3, 0.4) is 0 Å². The van der Waals surface area contributed by atoms with Crippen LogP contribution in [-0.4, -0.2) is 48.3 Å². The number of morpholine rings is 1. The Hall–Kier alpha value is -2.51. The summed E-state index contributed by atoms with van der Waals surface area (Å²) in [6.45, 7) is 0.681. The van der Waals surface area contributed by atoms with Crippen LogP contribution in [0.15, 0.2) is 41.8 Å². The van der Waals surface area contributed by atoms with Crippen LogP contribution in [-0.2, 0) is 9.53 Å². The third kappa shape index (κ3) is 3.22. The Labute approximate surface area is 142 Å². The zero-order valence-corrected chi connectivity index (χ0v) is 13.6. The van der Waals surface area contributed by atoms with Gasteiger partial charge in [0.25, 0.3) is 5.91 Å². The zero-order valence-electron chi connectivity index (χ0n) is 12.8. The predicted molar refractivity (Wildman–Crippen MR) is 89.0 cm³/mol. The van der Waals surface area contributed by atoms with E-state index in [4.69, 9.17) is 10.5 Å². The second kappa shape index (κ2) is 6.94. The van der Waals surface area contributed by atoms with Crippen LogP contribution < -0.4 is 5.73 Å². The Morgan fingerprint density at radius 1 is 1.12 bits per heavy atom. The molecule has 2 amide bonds. The maximum Gasteiger partial charge on any atom is 0.254 e. The first kappa shape index (κ1) is 16.4. The molecule has 1 aromatic heterocycles. The molecular weight excluding hydrogens is 328 g/mol. The molecule has 1 aliphatic rings. The Bertz CT molecular complexity index is 773. The monoisotopic (exact) mass is 344 g/mol. The second-order valence-electron chi connectivity index (χ2n) is 5.36. The number of hydrogen-bond donors (Lipinski definition) is 1. The van der Waals surface area contributed by atoms with Crippen molar-refractivity contribution in [2.45, 2.75) is 6.10 Å². The molecule has 0 spiro atoms. The fourth-order valence-corrected chi connectivity index (χ4v) is 3.26. The summed E-state index contributed by atoms with van der Waals surface area (Å²) in [6.07, 6.45) is -0.817. The van der Waals surface area contributed by atoms with Crippen LogP contribution in [0.2, 0.25) is 0 Å². The topological polar surface area (TPSA) is 89.7 Å². The summed E-state index contributed by atoms with van der Waals surface area (Å²) in [5.74, 6) is -1.09. The molecule has 1 saturated heterocycles. The third-order valence-electron chi connectivity index (χ3n) is 3.82. The molecule has 6 nitrogen and oxygen atoms in total. The van der Waals surface area contributed by atoms with Crippen molar-refractivity contribution in [2.75, 3.05) is 19.7 Å². The number of thiophene rings is 1. The number of benzene rings is 1. The van der Waals surface area contributed by atoms with Crippen molar-refractivity contribution in [2.24, 2.45) is 5.73 Å². The minimum atomic E-state index is -0.817. The van der Waals surface area contributed by atoms with E-state index in [1.165, 1.54) is 16.2 Å². The summed E-state index contributed by atoms with van der Waals surface area (Å²) in [7, 11) is 0. The average molecular weight is 344 g/mol. The molecule has 2 heterocycles. The van der Waals surface area contributed by atoms with Gasteiger partial charge in [0, 0.05) is 12.1 Å². The molecule has 7 heteroatoms. The van der Waals surface area contributed by atoms with Crippen molar-refractivity contribution in [1.29, 1.82) is 0 Å². The maximum atomic E-state index is 12.8. The van der Waals surface area contributed by atoms with Crippen LogP contribution in [0, 0.1) is 0 Å². The normalized spacial score (nSPS) is 17.5. The molecule has 24 heavy (non-hydrogen) atoms. The lowest BCUT2D eigenvalue weighted by Crippen LogP contribution is -2.50. The number of nitrogens with two attached hydrogens (primary N) is 1. The Balaban J connectivity index is 1.88. The van der Waals surface area contributed by atoms with Gasteiger partial charge in [-0.3, -0.25) is 14.4 Å². The van der Waals surface area contributed by atoms with Crippen LogP contribution in [0.4, 0.5) is 0 Å². The van der Waals surface area contributed by atoms with Crippen molar-refractivity contribution >= 4 is 28.9 Å². The largest absolute Gasteiger partial charge is 0.367 e. The maximum absolute atomic E-state index is 12.8. The quantitative estimate of drug-likeness (QED) is 0.847. The number of carbonyl (C=O) groups excluding carboxylic acids is 3. The molecule has 2 N–H and O–H groups in total. The number of ether oxygens (including phenoxy) is 1. The highest BCUT2D eigenvalue weighted by molar-refractivity contribution is 7.12. The summed E-state index contributed by atoms with van der Waals surface area (Å²) in [5.41, 5.74) is 5.93. The second-order valence-corrected chi connectivity index (χ2v) is 6.31. The molecule has 0 radical (unpaired) electrons. The van der Waals surface area contributed by atoms with E-state index in [9.17, 15) is 14.4 Å². The highest BCUT2D eigenvalue weighted by atomic mass is 32.1. The van der Waals surface area contributed by atoms with Crippen molar-refractivity contribution in [3.63, 3.8) is 0 Å². The molecule has 3 rings (SSSR count). The summed E-state index contributed by atoms with van der Waals surface area (Å²) in [4.78, 5) is 38.8. The molecule has 1 aromatic carbocycles. The van der Waals surface area contributed by atoms with Gasteiger partial charge in [0.1, 0.15) is 0 Å². The lowest BCUT2D eigenvalue weighted by Gasteiger charge is -2.31. The number of ketones is 1. The standard InChI is InChI=1S/C17H16N2O4S/c18-16(21)13-10-19(7-8-23-13)17(22)12-5-2-1-4-11(12)15(20)14-6-3-9-24-14/h1-6,9,13H,7-8,10H2,(H2,18,21). The Morgan fingerprint density at radius 3 is 2.54 bits per heavy atom. The highest BCUT2D eigenvalue weighted by Gasteiger charge is 2.30. The van der Waals surface area contributed by atoms with E-state index >= 15 is 0 Å². The first-order chi connectivity index (χ1) is 11.6. The number of rotatable bonds is 4. The fraction of sp³-hybridized carbons (Fsp3) is 0.235. The molecule has 0 aliphatic carbocycles. The third-order valence-corrected chi connectivity index (χ3v) is 4.69. The van der Waals surface area contributed by atoms with Crippen molar-refractivity contribution < 1.29 is 19.1 Å². The van der Waals surface area contributed by atoms with Gasteiger partial charge in [0.15, 0.2) is 6.10 Å². The minimum absolute atomic E-state index is 0.0929. The van der Waals surface area contributed by atoms with E-state index in [1.807, 2.05) is 5.38 Å². The summed E-state index contributed by atoms with van der Waals surface area (Å²) >= 11 is 1.33. The fourth-order valence-electron chi connectivity index (χ4n) is 2.58. The van der Waals surface area contributed by atoms with E-state index < -0.39 is 12.0 Å². The molecule has 1 fully saturated rings. The molecule has 0 saturated carbocycles. The molecule has 0 bridgehead atoms. The highest BCUT2D eigenvalue weighted by Crippen LogP contribution is 2.20. The van der Waals surface area contributed by atoms with E-state index in [1.54, 1.807) is 36.4 Å². The van der Waals surface area contributed by atoms with E-state index in [-0.39, 0.29) is 24.8 Å². The van der Waals surface area contributed by atoms with Crippen molar-refractivity contribution in [3.05, 3.63) is 57.8 Å². The lowest BCUT2D eigenvalue weighted by molar-refractivity contribution is -0.133. The summed E-state index contributed by atoms with van der Waals surface area (Å²) in [5, 5.41) is 1.82. The van der Waals surface area contributed by atoms with Gasteiger partial charge in [0.05, 0.1) is 23.6 Å². The van der Waals surface area contributed by atoms with Crippen LogP contribution >= 0.6 is 11.3 Å². The number of nitrogens with zero attached hydrogens (tertiary/aromatic N) is 1. The molecule has 1 aliphatic heterocycles. The molecule has 2 aromatic rings. The molecule has 124 valence electrons. The number of hydrogen-bond acceptors (Lipinski definition) is 5.